The number of nitrogens with zero attached hydrogens (tertiary/aromatic N) is 2. The summed E-state index contributed by atoms with van der Waals surface area (Å²) >= 11 is 0. The predicted molar refractivity (Wildman–Crippen MR) is 80.5 cm³/mol. The Bertz CT molecular complexity index is 508. The molecule has 1 unspecified atom stereocenters. The number of rotatable bonds is 4. The van der Waals surface area contributed by atoms with Gasteiger partial charge in [0.15, 0.2) is 0 Å². The number of amides is 2. The first kappa shape index (κ1) is 15.5. The molecule has 1 saturated heterocycles. The molecule has 2 heterocycles. The van der Waals surface area contributed by atoms with Gasteiger partial charge in [-0.05, 0) is 17.0 Å². The van der Waals surface area contributed by atoms with Gasteiger partial charge in [-0.2, -0.15) is 0 Å². The molecule has 1 aliphatic rings. The summed E-state index contributed by atoms with van der Waals surface area (Å²) in [5, 5.41) is 2.94. The van der Waals surface area contributed by atoms with Gasteiger partial charge in [-0.3, -0.25) is 14.6 Å². The Labute approximate surface area is 125 Å². The first-order chi connectivity index (χ1) is 9.83. The molecule has 1 atom stereocenters. The molecule has 21 heavy (non-hydrogen) atoms. The minimum Gasteiger partial charge on any atom is -0.351 e. The predicted octanol–water partition coefficient (Wildman–Crippen LogP) is 1.39. The fraction of sp³-hybridized carbons (Fsp3) is 0.562. The monoisotopic (exact) mass is 289 g/mol. The van der Waals surface area contributed by atoms with Gasteiger partial charge in [0, 0.05) is 31.9 Å². The Morgan fingerprint density at radius 2 is 2.24 bits per heavy atom. The molecule has 0 saturated carbocycles. The molecule has 0 spiro atoms. The Hall–Kier alpha value is -1.91. The Balaban J connectivity index is 1.84. The normalized spacial score (nSPS) is 18.9. The zero-order valence-electron chi connectivity index (χ0n) is 12.9. The highest BCUT2D eigenvalue weighted by Crippen LogP contribution is 2.20. The third-order valence-corrected chi connectivity index (χ3v) is 3.33. The molecule has 0 aliphatic carbocycles. The third kappa shape index (κ3) is 4.85. The van der Waals surface area contributed by atoms with Crippen LogP contribution in [0.2, 0.25) is 0 Å². The molecule has 5 nitrogen and oxygen atoms in total. The molecule has 0 aromatic carbocycles. The summed E-state index contributed by atoms with van der Waals surface area (Å²) in [6, 6.07) is 3.61. The van der Waals surface area contributed by atoms with Gasteiger partial charge in [0.25, 0.3) is 0 Å². The number of hydrogen-bond acceptors (Lipinski definition) is 3. The lowest BCUT2D eigenvalue weighted by Gasteiger charge is -2.26. The molecule has 0 radical (unpaired) electrons. The highest BCUT2D eigenvalue weighted by molar-refractivity contribution is 5.83. The van der Waals surface area contributed by atoms with Crippen LogP contribution >= 0.6 is 0 Å². The van der Waals surface area contributed by atoms with E-state index >= 15 is 0 Å². The standard InChI is InChI=1S/C16H23N3O2/c1-16(2,3)11-19-10-13(8-15(19)21)18-14(20)7-12-5-4-6-17-9-12/h4-6,9,13H,7-8,10-11H2,1-3H3,(H,18,20). The number of carbonyl (C=O) groups excluding carboxylic acids is 2. The molecular formula is C16H23N3O2. The molecular weight excluding hydrogens is 266 g/mol. The Kier molecular flexibility index (Phi) is 4.60. The minimum atomic E-state index is -0.0796. The lowest BCUT2D eigenvalue weighted by atomic mass is 9.96. The molecule has 1 fully saturated rings. The van der Waals surface area contributed by atoms with E-state index in [0.29, 0.717) is 19.4 Å². The van der Waals surface area contributed by atoms with Crippen molar-refractivity contribution in [2.75, 3.05) is 13.1 Å². The first-order valence-electron chi connectivity index (χ1n) is 7.29. The van der Waals surface area contributed by atoms with Crippen molar-refractivity contribution in [3.63, 3.8) is 0 Å². The van der Waals surface area contributed by atoms with Crippen LogP contribution in [-0.2, 0) is 16.0 Å². The second kappa shape index (κ2) is 6.24. The molecule has 2 amide bonds. The van der Waals surface area contributed by atoms with E-state index in [1.165, 1.54) is 0 Å². The molecule has 1 aromatic heterocycles. The molecule has 114 valence electrons. The number of nitrogens with one attached hydrogen (secondary N) is 1. The molecule has 2 rings (SSSR count). The van der Waals surface area contributed by atoms with Gasteiger partial charge in [-0.1, -0.05) is 26.8 Å². The van der Waals surface area contributed by atoms with Crippen LogP contribution in [0.4, 0.5) is 0 Å². The van der Waals surface area contributed by atoms with E-state index < -0.39 is 0 Å². The fourth-order valence-corrected chi connectivity index (χ4v) is 2.56. The van der Waals surface area contributed by atoms with Gasteiger partial charge in [0.2, 0.25) is 11.8 Å². The van der Waals surface area contributed by atoms with Gasteiger partial charge >= 0.3 is 0 Å². The van der Waals surface area contributed by atoms with E-state index in [0.717, 1.165) is 12.1 Å². The molecule has 1 aromatic rings. The second-order valence-electron chi connectivity index (χ2n) is 6.84. The smallest absolute Gasteiger partial charge is 0.224 e. The van der Waals surface area contributed by atoms with Crippen molar-refractivity contribution in [1.82, 2.24) is 15.2 Å². The van der Waals surface area contributed by atoms with Crippen LogP contribution in [0.15, 0.2) is 24.5 Å². The van der Waals surface area contributed by atoms with Crippen molar-refractivity contribution in [1.29, 1.82) is 0 Å². The van der Waals surface area contributed by atoms with E-state index in [4.69, 9.17) is 0 Å². The minimum absolute atomic E-state index is 0.0570. The van der Waals surface area contributed by atoms with Crippen LogP contribution in [0.25, 0.3) is 0 Å². The average Bonchev–Trinajstić information content (AvgIpc) is 2.68. The third-order valence-electron chi connectivity index (χ3n) is 3.33. The molecule has 0 bridgehead atoms. The summed E-state index contributed by atoms with van der Waals surface area (Å²) < 4.78 is 0. The number of carbonyl (C=O) groups is 2. The van der Waals surface area contributed by atoms with Gasteiger partial charge in [-0.15, -0.1) is 0 Å². The maximum absolute atomic E-state index is 12.0. The summed E-state index contributed by atoms with van der Waals surface area (Å²) in [5.74, 6) is 0.0648. The number of hydrogen-bond donors (Lipinski definition) is 1. The van der Waals surface area contributed by atoms with Crippen molar-refractivity contribution >= 4 is 11.8 Å². The van der Waals surface area contributed by atoms with Crippen LogP contribution in [0.1, 0.15) is 32.8 Å². The zero-order chi connectivity index (χ0) is 15.5. The lowest BCUT2D eigenvalue weighted by Crippen LogP contribution is -2.39. The van der Waals surface area contributed by atoms with Gasteiger partial charge in [-0.25, -0.2) is 0 Å². The van der Waals surface area contributed by atoms with Crippen molar-refractivity contribution in [2.24, 2.45) is 5.41 Å². The van der Waals surface area contributed by atoms with E-state index in [1.54, 1.807) is 12.4 Å². The molecule has 1 aliphatic heterocycles. The highest BCUT2D eigenvalue weighted by atomic mass is 16.2. The van der Waals surface area contributed by atoms with Crippen molar-refractivity contribution in [2.45, 2.75) is 39.7 Å². The fourth-order valence-electron chi connectivity index (χ4n) is 2.56. The summed E-state index contributed by atoms with van der Waals surface area (Å²) in [5.41, 5.74) is 0.954. The van der Waals surface area contributed by atoms with E-state index in [9.17, 15) is 9.59 Å². The molecule has 1 N–H and O–H groups in total. The maximum Gasteiger partial charge on any atom is 0.224 e. The van der Waals surface area contributed by atoms with Crippen molar-refractivity contribution in [3.8, 4) is 0 Å². The molecule has 5 heteroatoms. The average molecular weight is 289 g/mol. The topological polar surface area (TPSA) is 62.3 Å². The van der Waals surface area contributed by atoms with Crippen LogP contribution in [0.5, 0.6) is 0 Å². The zero-order valence-corrected chi connectivity index (χ0v) is 12.9. The van der Waals surface area contributed by atoms with Crippen LogP contribution in [0, 0.1) is 5.41 Å². The maximum atomic E-state index is 12.0. The van der Waals surface area contributed by atoms with Crippen LogP contribution < -0.4 is 5.32 Å². The van der Waals surface area contributed by atoms with Gasteiger partial charge < -0.3 is 10.2 Å². The Morgan fingerprint density at radius 1 is 1.48 bits per heavy atom. The number of pyridine rings is 1. The van der Waals surface area contributed by atoms with Crippen molar-refractivity contribution < 1.29 is 9.59 Å². The summed E-state index contributed by atoms with van der Waals surface area (Å²) in [6.45, 7) is 7.65. The SMILES string of the molecule is CC(C)(C)CN1CC(NC(=O)Cc2cccnc2)CC1=O. The summed E-state index contributed by atoms with van der Waals surface area (Å²) in [7, 11) is 0. The van der Waals surface area contributed by atoms with E-state index in [-0.39, 0.29) is 23.3 Å². The van der Waals surface area contributed by atoms with E-state index in [1.807, 2.05) is 17.0 Å². The highest BCUT2D eigenvalue weighted by Gasteiger charge is 2.32. The lowest BCUT2D eigenvalue weighted by molar-refractivity contribution is -0.128. The van der Waals surface area contributed by atoms with Gasteiger partial charge in [0.05, 0.1) is 12.5 Å². The first-order valence-corrected chi connectivity index (χ1v) is 7.29. The van der Waals surface area contributed by atoms with E-state index in [2.05, 4.69) is 31.1 Å². The van der Waals surface area contributed by atoms with Crippen molar-refractivity contribution in [3.05, 3.63) is 30.1 Å². The summed E-state index contributed by atoms with van der Waals surface area (Å²) in [4.78, 5) is 29.8. The largest absolute Gasteiger partial charge is 0.351 e. The number of aromatic nitrogens is 1. The van der Waals surface area contributed by atoms with Crippen LogP contribution in [-0.4, -0.2) is 40.8 Å². The quantitative estimate of drug-likeness (QED) is 0.911. The van der Waals surface area contributed by atoms with Crippen LogP contribution in [0.3, 0.4) is 0 Å². The van der Waals surface area contributed by atoms with Gasteiger partial charge in [0.1, 0.15) is 0 Å². The second-order valence-corrected chi connectivity index (χ2v) is 6.84. The summed E-state index contributed by atoms with van der Waals surface area (Å²) in [6.07, 6.45) is 4.07. The number of likely N-dealkylation sites (tertiary alicyclic amines) is 1. The Morgan fingerprint density at radius 3 is 2.86 bits per heavy atom.